The molecule has 0 saturated heterocycles. The molecule has 0 radical (unpaired) electrons. The average Bonchev–Trinajstić information content (AvgIpc) is 2.68. The Morgan fingerprint density at radius 3 is 2.94 bits per heavy atom. The van der Waals surface area contributed by atoms with Crippen molar-refractivity contribution in [3.8, 4) is 5.75 Å². The minimum Gasteiger partial charge on any atom is -0.493 e. The molecule has 1 aromatic rings. The van der Waals surface area contributed by atoms with Crippen molar-refractivity contribution in [2.75, 3.05) is 18.1 Å². The molecule has 0 amide bonds. The predicted octanol–water partition coefficient (Wildman–Crippen LogP) is 2.91. The highest BCUT2D eigenvalue weighted by Crippen LogP contribution is 2.50. The van der Waals surface area contributed by atoms with Gasteiger partial charge in [-0.05, 0) is 37.9 Å². The number of hydrogen-bond donors (Lipinski definition) is 1. The highest BCUT2D eigenvalue weighted by molar-refractivity contribution is 8.16. The van der Waals surface area contributed by atoms with E-state index >= 15 is 0 Å². The summed E-state index contributed by atoms with van der Waals surface area (Å²) in [5.74, 6) is 0.972. The number of thioether (sulfide) groups is 1. The van der Waals surface area contributed by atoms with Crippen LogP contribution in [-0.2, 0) is 0 Å². The lowest BCUT2D eigenvalue weighted by Gasteiger charge is -2.22. The highest BCUT2D eigenvalue weighted by atomic mass is 32.2. The first-order chi connectivity index (χ1) is 7.81. The highest BCUT2D eigenvalue weighted by Gasteiger charge is 2.31. The number of rotatable bonds is 4. The summed E-state index contributed by atoms with van der Waals surface area (Å²) in [5.41, 5.74) is 1.24. The summed E-state index contributed by atoms with van der Waals surface area (Å²) in [5, 5.41) is 5.72. The largest absolute Gasteiger partial charge is 0.493 e. The van der Waals surface area contributed by atoms with Crippen molar-refractivity contribution in [2.24, 2.45) is 5.14 Å². The molecule has 0 saturated carbocycles. The molecule has 0 fully saturated rings. The SMILES string of the molecule is CCOc1cccc2c1SC(SN)N2CC. The van der Waals surface area contributed by atoms with Crippen LogP contribution in [0.25, 0.3) is 0 Å². The van der Waals surface area contributed by atoms with Gasteiger partial charge in [-0.2, -0.15) is 0 Å². The first-order valence-electron chi connectivity index (χ1n) is 5.36. The molecule has 88 valence electrons. The van der Waals surface area contributed by atoms with Crippen LogP contribution in [0.3, 0.4) is 0 Å². The Bertz CT molecular complexity index is 373. The summed E-state index contributed by atoms with van der Waals surface area (Å²) in [6, 6.07) is 6.19. The van der Waals surface area contributed by atoms with Gasteiger partial charge in [-0.1, -0.05) is 17.8 Å². The quantitative estimate of drug-likeness (QED) is 0.839. The maximum absolute atomic E-state index is 5.72. The lowest BCUT2D eigenvalue weighted by atomic mass is 10.3. The van der Waals surface area contributed by atoms with E-state index in [1.807, 2.05) is 19.1 Å². The molecule has 2 rings (SSSR count). The van der Waals surface area contributed by atoms with Crippen molar-refractivity contribution >= 4 is 29.4 Å². The van der Waals surface area contributed by atoms with Crippen molar-refractivity contribution < 1.29 is 4.74 Å². The molecule has 1 aromatic carbocycles. The zero-order chi connectivity index (χ0) is 11.5. The van der Waals surface area contributed by atoms with Gasteiger partial charge in [0.05, 0.1) is 17.2 Å². The summed E-state index contributed by atoms with van der Waals surface area (Å²) in [4.78, 5) is 3.52. The average molecular weight is 256 g/mol. The molecule has 0 bridgehead atoms. The normalized spacial score (nSPS) is 18.7. The first-order valence-corrected chi connectivity index (χ1v) is 7.18. The van der Waals surface area contributed by atoms with Crippen LogP contribution in [0.4, 0.5) is 5.69 Å². The second-order valence-electron chi connectivity index (χ2n) is 3.38. The zero-order valence-corrected chi connectivity index (χ0v) is 11.1. The van der Waals surface area contributed by atoms with E-state index < -0.39 is 0 Å². The molecule has 16 heavy (non-hydrogen) atoms. The number of ether oxygens (including phenoxy) is 1. The van der Waals surface area contributed by atoms with E-state index in [1.165, 1.54) is 22.5 Å². The summed E-state index contributed by atoms with van der Waals surface area (Å²) >= 11 is 3.16. The van der Waals surface area contributed by atoms with Crippen molar-refractivity contribution in [2.45, 2.75) is 23.4 Å². The van der Waals surface area contributed by atoms with E-state index in [4.69, 9.17) is 9.88 Å². The van der Waals surface area contributed by atoms with Gasteiger partial charge in [0.25, 0.3) is 0 Å². The molecule has 1 aliphatic heterocycles. The van der Waals surface area contributed by atoms with Gasteiger partial charge in [-0.3, -0.25) is 5.14 Å². The molecule has 0 spiro atoms. The lowest BCUT2D eigenvalue weighted by molar-refractivity contribution is 0.333. The number of hydrogen-bond acceptors (Lipinski definition) is 5. The van der Waals surface area contributed by atoms with Crippen LogP contribution in [0.1, 0.15) is 13.8 Å². The molecule has 0 aromatic heterocycles. The van der Waals surface area contributed by atoms with Crippen molar-refractivity contribution in [3.05, 3.63) is 18.2 Å². The fourth-order valence-corrected chi connectivity index (χ4v) is 3.88. The summed E-state index contributed by atoms with van der Waals surface area (Å²) in [6.45, 7) is 5.81. The standard InChI is InChI=1S/C11H16N2OS2/c1-3-13-8-6-5-7-9(14-4-2)10(8)15-11(13)16-12/h5-7,11H,3-4,12H2,1-2H3. The fraction of sp³-hybridized carbons (Fsp3) is 0.455. The van der Waals surface area contributed by atoms with Crippen LogP contribution in [0, 0.1) is 0 Å². The van der Waals surface area contributed by atoms with Crippen LogP contribution >= 0.6 is 23.7 Å². The number of nitrogens with zero attached hydrogens (tertiary/aromatic N) is 1. The van der Waals surface area contributed by atoms with Gasteiger partial charge in [0.2, 0.25) is 0 Å². The molecule has 1 atom stereocenters. The maximum atomic E-state index is 5.72. The molecule has 2 N–H and O–H groups in total. The zero-order valence-electron chi connectivity index (χ0n) is 9.47. The first kappa shape index (κ1) is 12.0. The van der Waals surface area contributed by atoms with Gasteiger partial charge in [-0.15, -0.1) is 0 Å². The Balaban J connectivity index is 2.36. The van der Waals surface area contributed by atoms with E-state index in [0.29, 0.717) is 6.61 Å². The number of nitrogens with two attached hydrogens (primary N) is 1. The maximum Gasteiger partial charge on any atom is 0.141 e. The Labute approximate surface area is 105 Å². The lowest BCUT2D eigenvalue weighted by Crippen LogP contribution is -2.27. The van der Waals surface area contributed by atoms with Gasteiger partial charge in [0.15, 0.2) is 0 Å². The molecule has 3 nitrogen and oxygen atoms in total. The van der Waals surface area contributed by atoms with E-state index in [0.717, 1.165) is 12.3 Å². The number of fused-ring (bicyclic) bond motifs is 1. The van der Waals surface area contributed by atoms with Crippen LogP contribution in [0.2, 0.25) is 0 Å². The van der Waals surface area contributed by atoms with Gasteiger partial charge < -0.3 is 9.64 Å². The van der Waals surface area contributed by atoms with Crippen LogP contribution in [0.15, 0.2) is 23.1 Å². The molecule has 0 aliphatic carbocycles. The molecular formula is C11H16N2OS2. The third-order valence-corrected chi connectivity index (χ3v) is 4.71. The Morgan fingerprint density at radius 2 is 2.31 bits per heavy atom. The summed E-state index contributed by atoms with van der Waals surface area (Å²) in [7, 11) is 0. The second-order valence-corrected chi connectivity index (χ2v) is 5.49. The van der Waals surface area contributed by atoms with Gasteiger partial charge in [-0.25, -0.2) is 0 Å². The van der Waals surface area contributed by atoms with Gasteiger partial charge in [0.1, 0.15) is 10.5 Å². The second kappa shape index (κ2) is 5.21. The smallest absolute Gasteiger partial charge is 0.141 e. The molecule has 1 heterocycles. The predicted molar refractivity (Wildman–Crippen MR) is 72.1 cm³/mol. The summed E-state index contributed by atoms with van der Waals surface area (Å²) in [6.07, 6.45) is 0. The minimum absolute atomic E-state index is 0.265. The Kier molecular flexibility index (Phi) is 3.89. The third-order valence-electron chi connectivity index (χ3n) is 2.50. The molecule has 1 aliphatic rings. The van der Waals surface area contributed by atoms with Gasteiger partial charge >= 0.3 is 0 Å². The number of benzene rings is 1. The van der Waals surface area contributed by atoms with Gasteiger partial charge in [0, 0.05) is 6.54 Å². The number of anilines is 1. The third kappa shape index (κ3) is 1.99. The monoisotopic (exact) mass is 256 g/mol. The van der Waals surface area contributed by atoms with E-state index in [9.17, 15) is 0 Å². The van der Waals surface area contributed by atoms with Crippen molar-refractivity contribution in [3.63, 3.8) is 0 Å². The van der Waals surface area contributed by atoms with E-state index in [2.05, 4.69) is 17.9 Å². The molecule has 5 heteroatoms. The van der Waals surface area contributed by atoms with E-state index in [-0.39, 0.29) is 4.71 Å². The summed E-state index contributed by atoms with van der Waals surface area (Å²) < 4.78 is 5.90. The Hall–Kier alpha value is -0.520. The van der Waals surface area contributed by atoms with Crippen LogP contribution in [0.5, 0.6) is 5.75 Å². The molecular weight excluding hydrogens is 240 g/mol. The van der Waals surface area contributed by atoms with Crippen LogP contribution in [-0.4, -0.2) is 17.9 Å². The fourth-order valence-electron chi connectivity index (χ4n) is 1.82. The Morgan fingerprint density at radius 1 is 1.50 bits per heavy atom. The topological polar surface area (TPSA) is 38.5 Å². The molecule has 1 unspecified atom stereocenters. The van der Waals surface area contributed by atoms with Crippen LogP contribution < -0.4 is 14.8 Å². The minimum atomic E-state index is 0.265. The van der Waals surface area contributed by atoms with Crippen molar-refractivity contribution in [1.29, 1.82) is 0 Å². The van der Waals surface area contributed by atoms with Crippen molar-refractivity contribution in [1.82, 2.24) is 0 Å². The van der Waals surface area contributed by atoms with E-state index in [1.54, 1.807) is 11.8 Å².